The van der Waals surface area contributed by atoms with Gasteiger partial charge < -0.3 is 0 Å². The predicted molar refractivity (Wildman–Crippen MR) is 49.0 cm³/mol. The Hall–Kier alpha value is -1.09. The highest BCUT2D eigenvalue weighted by molar-refractivity contribution is 7.80. The average Bonchev–Trinajstić information content (AvgIpc) is 2.04. The Morgan fingerprint density at radius 3 is 3.00 bits per heavy atom. The molecule has 0 aliphatic heterocycles. The molecule has 1 heterocycles. The third-order valence-electron chi connectivity index (χ3n) is 1.65. The lowest BCUT2D eigenvalue weighted by Crippen LogP contribution is -1.83. The van der Waals surface area contributed by atoms with Gasteiger partial charge in [-0.2, -0.15) is 0 Å². The second-order valence-electron chi connectivity index (χ2n) is 2.51. The fourth-order valence-corrected chi connectivity index (χ4v) is 1.31. The molecule has 0 N–H and O–H groups in total. The molecule has 1 nitrogen and oxygen atoms in total. The van der Waals surface area contributed by atoms with Crippen molar-refractivity contribution in [3.63, 3.8) is 0 Å². The quantitative estimate of drug-likeness (QED) is 0.613. The van der Waals surface area contributed by atoms with Crippen molar-refractivity contribution < 1.29 is 4.39 Å². The molecule has 3 heteroatoms. The summed E-state index contributed by atoms with van der Waals surface area (Å²) < 4.78 is 13.0. The van der Waals surface area contributed by atoms with E-state index in [4.69, 9.17) is 0 Å². The van der Waals surface area contributed by atoms with Crippen LogP contribution >= 0.6 is 12.6 Å². The highest BCUT2D eigenvalue weighted by atomic mass is 32.1. The second-order valence-corrected chi connectivity index (χ2v) is 3.02. The fraction of sp³-hybridized carbons (Fsp3) is 0. The monoisotopic (exact) mass is 179 g/mol. The molecule has 0 aliphatic rings. The van der Waals surface area contributed by atoms with Gasteiger partial charge in [0, 0.05) is 16.5 Å². The molecule has 0 saturated heterocycles. The molecule has 0 aliphatic carbocycles. The van der Waals surface area contributed by atoms with Crippen LogP contribution in [0.3, 0.4) is 0 Å². The van der Waals surface area contributed by atoms with E-state index in [2.05, 4.69) is 17.6 Å². The average molecular weight is 179 g/mol. The van der Waals surface area contributed by atoms with Gasteiger partial charge in [0.2, 0.25) is 0 Å². The first-order valence-corrected chi connectivity index (χ1v) is 3.95. The summed E-state index contributed by atoms with van der Waals surface area (Å²) in [5.74, 6) is -0.291. The molecule has 0 unspecified atom stereocenters. The van der Waals surface area contributed by atoms with Gasteiger partial charge in [-0.3, -0.25) is 4.98 Å². The number of hydrogen-bond acceptors (Lipinski definition) is 2. The number of hydrogen-bond donors (Lipinski definition) is 1. The van der Waals surface area contributed by atoms with Crippen LogP contribution in [0.1, 0.15) is 0 Å². The van der Waals surface area contributed by atoms with Gasteiger partial charge in [-0.05, 0) is 12.1 Å². The maximum Gasteiger partial charge on any atom is 0.149 e. The van der Waals surface area contributed by atoms with E-state index in [1.165, 1.54) is 12.3 Å². The van der Waals surface area contributed by atoms with Crippen molar-refractivity contribution in [2.75, 3.05) is 0 Å². The minimum absolute atomic E-state index is 0.291. The van der Waals surface area contributed by atoms with Gasteiger partial charge in [-0.15, -0.1) is 12.6 Å². The molecule has 60 valence electrons. The molecule has 0 saturated carbocycles. The van der Waals surface area contributed by atoms with Crippen molar-refractivity contribution in [3.05, 3.63) is 36.3 Å². The van der Waals surface area contributed by atoms with Gasteiger partial charge in [0.25, 0.3) is 0 Å². The van der Waals surface area contributed by atoms with Crippen molar-refractivity contribution >= 4 is 23.5 Å². The predicted octanol–water partition coefficient (Wildman–Crippen LogP) is 2.66. The topological polar surface area (TPSA) is 12.9 Å². The van der Waals surface area contributed by atoms with Gasteiger partial charge in [0.05, 0.1) is 0 Å². The van der Waals surface area contributed by atoms with E-state index in [1.807, 2.05) is 6.07 Å². The minimum atomic E-state index is -0.291. The first-order chi connectivity index (χ1) is 5.77. The number of benzene rings is 1. The normalized spacial score (nSPS) is 10.5. The Morgan fingerprint density at radius 2 is 2.17 bits per heavy atom. The van der Waals surface area contributed by atoms with Crippen LogP contribution in [0.5, 0.6) is 0 Å². The minimum Gasteiger partial charge on any atom is -0.252 e. The number of halogens is 1. The summed E-state index contributed by atoms with van der Waals surface area (Å²) in [7, 11) is 0. The van der Waals surface area contributed by atoms with Crippen LogP contribution in [-0.4, -0.2) is 4.98 Å². The summed E-state index contributed by atoms with van der Waals surface area (Å²) in [6, 6.07) is 6.65. The summed E-state index contributed by atoms with van der Waals surface area (Å²) in [6.45, 7) is 0. The number of pyridine rings is 1. The zero-order chi connectivity index (χ0) is 8.55. The maximum atomic E-state index is 13.0. The number of fused-ring (bicyclic) bond motifs is 1. The molecule has 0 fully saturated rings. The van der Waals surface area contributed by atoms with Crippen molar-refractivity contribution in [3.8, 4) is 0 Å². The molecule has 0 amide bonds. The third kappa shape index (κ3) is 1.16. The van der Waals surface area contributed by atoms with Gasteiger partial charge in [-0.1, -0.05) is 12.1 Å². The van der Waals surface area contributed by atoms with Crippen LogP contribution in [0.25, 0.3) is 10.9 Å². The van der Waals surface area contributed by atoms with E-state index in [0.717, 1.165) is 10.3 Å². The Bertz CT molecular complexity index is 428. The van der Waals surface area contributed by atoms with Crippen molar-refractivity contribution in [2.24, 2.45) is 0 Å². The van der Waals surface area contributed by atoms with Crippen LogP contribution < -0.4 is 0 Å². The number of para-hydroxylation sites is 1. The Kier molecular flexibility index (Phi) is 1.73. The first kappa shape index (κ1) is 7.55. The van der Waals surface area contributed by atoms with Crippen LogP contribution in [0.15, 0.2) is 35.4 Å². The van der Waals surface area contributed by atoms with Crippen molar-refractivity contribution in [1.82, 2.24) is 4.98 Å². The fourth-order valence-electron chi connectivity index (χ4n) is 1.11. The van der Waals surface area contributed by atoms with E-state index in [1.54, 1.807) is 12.1 Å². The Labute approximate surface area is 74.7 Å². The van der Waals surface area contributed by atoms with Gasteiger partial charge in [0.1, 0.15) is 11.3 Å². The third-order valence-corrected chi connectivity index (χ3v) is 1.89. The van der Waals surface area contributed by atoms with E-state index in [0.29, 0.717) is 5.52 Å². The molecule has 1 aromatic heterocycles. The van der Waals surface area contributed by atoms with E-state index >= 15 is 0 Å². The highest BCUT2D eigenvalue weighted by Gasteiger charge is 1.99. The van der Waals surface area contributed by atoms with E-state index in [-0.39, 0.29) is 5.82 Å². The molecule has 0 radical (unpaired) electrons. The van der Waals surface area contributed by atoms with Gasteiger partial charge in [0.15, 0.2) is 0 Å². The van der Waals surface area contributed by atoms with Gasteiger partial charge in [-0.25, -0.2) is 4.39 Å². The summed E-state index contributed by atoms with van der Waals surface area (Å²) in [5, 5.41) is 0.780. The molecular weight excluding hydrogens is 173 g/mol. The zero-order valence-electron chi connectivity index (χ0n) is 6.16. The van der Waals surface area contributed by atoms with E-state index < -0.39 is 0 Å². The smallest absolute Gasteiger partial charge is 0.149 e. The molecule has 0 bridgehead atoms. The van der Waals surface area contributed by atoms with Crippen LogP contribution in [0.4, 0.5) is 4.39 Å². The molecule has 0 atom stereocenters. The standard InChI is InChI=1S/C9H6FNS/c10-8-3-1-2-6-4-7(12)5-11-9(6)8/h1-5,12H. The van der Waals surface area contributed by atoms with Gasteiger partial charge >= 0.3 is 0 Å². The van der Waals surface area contributed by atoms with Crippen molar-refractivity contribution in [1.29, 1.82) is 0 Å². The Balaban J connectivity index is 2.86. The number of rotatable bonds is 0. The maximum absolute atomic E-state index is 13.0. The molecule has 12 heavy (non-hydrogen) atoms. The molecule has 0 spiro atoms. The molecular formula is C9H6FNS. The largest absolute Gasteiger partial charge is 0.252 e. The first-order valence-electron chi connectivity index (χ1n) is 3.50. The van der Waals surface area contributed by atoms with Crippen LogP contribution in [0, 0.1) is 5.82 Å². The lowest BCUT2D eigenvalue weighted by Gasteiger charge is -1.97. The summed E-state index contributed by atoms with van der Waals surface area (Å²) in [5.41, 5.74) is 0.398. The SMILES string of the molecule is Fc1cccc2cc(S)cnc12. The molecule has 2 rings (SSSR count). The second kappa shape index (κ2) is 2.75. The highest BCUT2D eigenvalue weighted by Crippen LogP contribution is 2.17. The summed E-state index contributed by atoms with van der Waals surface area (Å²) in [6.07, 6.45) is 1.54. The lowest BCUT2D eigenvalue weighted by atomic mass is 10.2. The summed E-state index contributed by atoms with van der Waals surface area (Å²) in [4.78, 5) is 4.67. The van der Waals surface area contributed by atoms with Crippen LogP contribution in [0.2, 0.25) is 0 Å². The zero-order valence-corrected chi connectivity index (χ0v) is 7.05. The Morgan fingerprint density at radius 1 is 1.33 bits per heavy atom. The lowest BCUT2D eigenvalue weighted by molar-refractivity contribution is 0.636. The number of thiol groups is 1. The number of aromatic nitrogens is 1. The molecule has 2 aromatic rings. The van der Waals surface area contributed by atoms with Crippen molar-refractivity contribution in [2.45, 2.75) is 4.90 Å². The van der Waals surface area contributed by atoms with E-state index in [9.17, 15) is 4.39 Å². The molecule has 1 aromatic carbocycles. The van der Waals surface area contributed by atoms with Crippen LogP contribution in [-0.2, 0) is 0 Å². The summed E-state index contributed by atoms with van der Waals surface area (Å²) >= 11 is 4.11. The number of nitrogens with zero attached hydrogens (tertiary/aromatic N) is 1.